The van der Waals surface area contributed by atoms with Crippen LogP contribution in [0.25, 0.3) is 0 Å². The number of benzene rings is 1. The molecule has 2 rings (SSSR count). The predicted molar refractivity (Wildman–Crippen MR) is 45.1 cm³/mol. The summed E-state index contributed by atoms with van der Waals surface area (Å²) in [5, 5.41) is 9.31. The molecule has 0 fully saturated rings. The van der Waals surface area contributed by atoms with E-state index in [0.717, 1.165) is 5.56 Å². The van der Waals surface area contributed by atoms with Crippen LogP contribution in [0.1, 0.15) is 23.1 Å². The van der Waals surface area contributed by atoms with E-state index < -0.39 is 5.92 Å². The molecular formula is C10H10F2O. The van der Waals surface area contributed by atoms with Crippen LogP contribution in [-0.4, -0.2) is 5.11 Å². The fourth-order valence-corrected chi connectivity index (χ4v) is 1.88. The van der Waals surface area contributed by atoms with Gasteiger partial charge in [-0.25, -0.2) is 8.78 Å². The Balaban J connectivity index is 2.70. The molecule has 1 aromatic carbocycles. The molecule has 13 heavy (non-hydrogen) atoms. The van der Waals surface area contributed by atoms with Crippen molar-refractivity contribution >= 4 is 0 Å². The first-order valence-electron chi connectivity index (χ1n) is 4.22. The van der Waals surface area contributed by atoms with Gasteiger partial charge in [-0.2, -0.15) is 0 Å². The fourth-order valence-electron chi connectivity index (χ4n) is 1.88. The molecule has 1 aliphatic rings. The summed E-state index contributed by atoms with van der Waals surface area (Å²) in [4.78, 5) is 0. The number of halogens is 2. The van der Waals surface area contributed by atoms with Crippen LogP contribution < -0.4 is 0 Å². The summed E-state index contributed by atoms with van der Waals surface area (Å²) >= 11 is 0. The summed E-state index contributed by atoms with van der Waals surface area (Å²) < 4.78 is 26.4. The Kier molecular flexibility index (Phi) is 1.59. The third kappa shape index (κ3) is 1.10. The highest BCUT2D eigenvalue weighted by atomic mass is 19.3. The van der Waals surface area contributed by atoms with Crippen LogP contribution in [0, 0.1) is 6.92 Å². The van der Waals surface area contributed by atoms with Gasteiger partial charge >= 0.3 is 0 Å². The van der Waals surface area contributed by atoms with Gasteiger partial charge in [-0.3, -0.25) is 0 Å². The Morgan fingerprint density at radius 2 is 2.08 bits per heavy atom. The zero-order valence-electron chi connectivity index (χ0n) is 7.27. The van der Waals surface area contributed by atoms with Gasteiger partial charge in [-0.05, 0) is 30.5 Å². The number of aromatic hydroxyl groups is 1. The molecule has 1 aromatic rings. The van der Waals surface area contributed by atoms with Crippen LogP contribution in [0.5, 0.6) is 5.75 Å². The maximum Gasteiger partial charge on any atom is 0.277 e. The number of alkyl halides is 2. The molecule has 0 atom stereocenters. The van der Waals surface area contributed by atoms with E-state index in [0.29, 0.717) is 12.0 Å². The second-order valence-corrected chi connectivity index (χ2v) is 3.46. The molecule has 0 saturated carbocycles. The molecule has 0 saturated heterocycles. The normalized spacial score (nSPS) is 18.7. The van der Waals surface area contributed by atoms with E-state index in [9.17, 15) is 13.9 Å². The van der Waals surface area contributed by atoms with Gasteiger partial charge in [0.05, 0.1) is 5.56 Å². The zero-order valence-corrected chi connectivity index (χ0v) is 7.27. The van der Waals surface area contributed by atoms with Gasteiger partial charge in [0, 0.05) is 6.42 Å². The minimum absolute atomic E-state index is 0.160. The summed E-state index contributed by atoms with van der Waals surface area (Å²) in [5.41, 5.74) is 1.29. The quantitative estimate of drug-likeness (QED) is 0.657. The lowest BCUT2D eigenvalue weighted by Gasteiger charge is -2.12. The van der Waals surface area contributed by atoms with Gasteiger partial charge in [0.2, 0.25) is 0 Å². The van der Waals surface area contributed by atoms with Gasteiger partial charge < -0.3 is 5.11 Å². The molecule has 0 aliphatic heterocycles. The van der Waals surface area contributed by atoms with Crippen molar-refractivity contribution in [3.8, 4) is 5.75 Å². The fraction of sp³-hybridized carbons (Fsp3) is 0.400. The average Bonchev–Trinajstić information content (AvgIpc) is 2.36. The van der Waals surface area contributed by atoms with Crippen molar-refractivity contribution in [1.82, 2.24) is 0 Å². The van der Waals surface area contributed by atoms with Crippen LogP contribution in [0.2, 0.25) is 0 Å². The van der Waals surface area contributed by atoms with Gasteiger partial charge in [0.1, 0.15) is 5.75 Å². The molecule has 1 aliphatic carbocycles. The van der Waals surface area contributed by atoms with Gasteiger partial charge in [-0.1, -0.05) is 6.07 Å². The molecule has 0 bridgehead atoms. The molecule has 70 valence electrons. The van der Waals surface area contributed by atoms with Crippen LogP contribution in [-0.2, 0) is 12.3 Å². The third-order valence-electron chi connectivity index (χ3n) is 2.58. The minimum Gasteiger partial charge on any atom is -0.507 e. The van der Waals surface area contributed by atoms with Crippen LogP contribution in [0.3, 0.4) is 0 Å². The zero-order chi connectivity index (χ0) is 9.64. The molecule has 0 aromatic heterocycles. The smallest absolute Gasteiger partial charge is 0.277 e. The molecule has 0 amide bonds. The first-order valence-corrected chi connectivity index (χ1v) is 4.22. The van der Waals surface area contributed by atoms with E-state index in [-0.39, 0.29) is 17.7 Å². The van der Waals surface area contributed by atoms with Gasteiger partial charge in [0.15, 0.2) is 0 Å². The second-order valence-electron chi connectivity index (χ2n) is 3.46. The van der Waals surface area contributed by atoms with Crippen LogP contribution >= 0.6 is 0 Å². The summed E-state index contributed by atoms with van der Waals surface area (Å²) in [6.45, 7) is 1.79. The lowest BCUT2D eigenvalue weighted by Crippen LogP contribution is -2.07. The number of phenols is 1. The average molecular weight is 184 g/mol. The Morgan fingerprint density at radius 3 is 2.69 bits per heavy atom. The SMILES string of the molecule is Cc1ccc(O)c2c1CCC2(F)F. The van der Waals surface area contributed by atoms with E-state index in [1.165, 1.54) is 6.07 Å². The lowest BCUT2D eigenvalue weighted by atomic mass is 10.0. The molecule has 0 heterocycles. The number of phenolic OH excluding ortho intramolecular Hbond substituents is 1. The monoisotopic (exact) mass is 184 g/mol. The van der Waals surface area contributed by atoms with Crippen molar-refractivity contribution in [3.05, 3.63) is 28.8 Å². The Hall–Kier alpha value is -1.12. The highest BCUT2D eigenvalue weighted by Crippen LogP contribution is 2.46. The van der Waals surface area contributed by atoms with E-state index in [4.69, 9.17) is 0 Å². The molecule has 1 nitrogen and oxygen atoms in total. The number of rotatable bonds is 0. The van der Waals surface area contributed by atoms with Crippen molar-refractivity contribution in [3.63, 3.8) is 0 Å². The standard InChI is InChI=1S/C10H10F2O/c1-6-2-3-8(13)9-7(6)4-5-10(9,11)12/h2-3,13H,4-5H2,1H3. The number of aryl methyl sites for hydroxylation is 1. The van der Waals surface area contributed by atoms with Crippen molar-refractivity contribution in [1.29, 1.82) is 0 Å². The van der Waals surface area contributed by atoms with E-state index in [2.05, 4.69) is 0 Å². The van der Waals surface area contributed by atoms with Crippen molar-refractivity contribution < 1.29 is 13.9 Å². The highest BCUT2D eigenvalue weighted by Gasteiger charge is 2.42. The van der Waals surface area contributed by atoms with Crippen molar-refractivity contribution in [2.24, 2.45) is 0 Å². The summed E-state index contributed by atoms with van der Waals surface area (Å²) in [6.07, 6.45) is 0.184. The number of hydrogen-bond acceptors (Lipinski definition) is 1. The maximum atomic E-state index is 13.2. The van der Waals surface area contributed by atoms with Crippen molar-refractivity contribution in [2.45, 2.75) is 25.7 Å². The summed E-state index contributed by atoms with van der Waals surface area (Å²) in [7, 11) is 0. The highest BCUT2D eigenvalue weighted by molar-refractivity contribution is 5.49. The van der Waals surface area contributed by atoms with Crippen molar-refractivity contribution in [2.75, 3.05) is 0 Å². The Morgan fingerprint density at radius 1 is 1.38 bits per heavy atom. The molecule has 0 spiro atoms. The predicted octanol–water partition coefficient (Wildman–Crippen LogP) is 2.74. The number of hydrogen-bond donors (Lipinski definition) is 1. The van der Waals surface area contributed by atoms with Crippen LogP contribution in [0.15, 0.2) is 12.1 Å². The molecule has 0 radical (unpaired) electrons. The lowest BCUT2D eigenvalue weighted by molar-refractivity contribution is -0.00374. The Bertz CT molecular complexity index is 358. The third-order valence-corrected chi connectivity index (χ3v) is 2.58. The van der Waals surface area contributed by atoms with Gasteiger partial charge in [-0.15, -0.1) is 0 Å². The number of fused-ring (bicyclic) bond motifs is 1. The van der Waals surface area contributed by atoms with E-state index >= 15 is 0 Å². The van der Waals surface area contributed by atoms with E-state index in [1.54, 1.807) is 13.0 Å². The first-order chi connectivity index (χ1) is 6.02. The Labute approximate surface area is 75.0 Å². The van der Waals surface area contributed by atoms with Gasteiger partial charge in [0.25, 0.3) is 5.92 Å². The van der Waals surface area contributed by atoms with E-state index in [1.807, 2.05) is 0 Å². The largest absolute Gasteiger partial charge is 0.507 e. The van der Waals surface area contributed by atoms with Crippen LogP contribution in [0.4, 0.5) is 8.78 Å². The topological polar surface area (TPSA) is 20.2 Å². The minimum atomic E-state index is -2.84. The summed E-state index contributed by atoms with van der Waals surface area (Å²) in [6, 6.07) is 3.02. The molecule has 3 heteroatoms. The summed E-state index contributed by atoms with van der Waals surface area (Å²) in [5.74, 6) is -3.12. The molecule has 0 unspecified atom stereocenters. The molecular weight excluding hydrogens is 174 g/mol. The maximum absolute atomic E-state index is 13.2. The first kappa shape index (κ1) is 8.48. The molecule has 1 N–H and O–H groups in total. The second kappa shape index (κ2) is 2.44.